The summed E-state index contributed by atoms with van der Waals surface area (Å²) >= 11 is 0. The van der Waals surface area contributed by atoms with Crippen molar-refractivity contribution in [2.24, 2.45) is 0 Å². The van der Waals surface area contributed by atoms with E-state index in [0.717, 1.165) is 16.8 Å². The molecule has 0 N–H and O–H groups in total. The van der Waals surface area contributed by atoms with Crippen LogP contribution in [0.3, 0.4) is 0 Å². The van der Waals surface area contributed by atoms with E-state index in [1.165, 1.54) is 6.92 Å². The quantitative estimate of drug-likeness (QED) is 0.669. The summed E-state index contributed by atoms with van der Waals surface area (Å²) in [6.07, 6.45) is 0. The molecule has 0 aliphatic carbocycles. The second-order valence-corrected chi connectivity index (χ2v) is 4.75. The van der Waals surface area contributed by atoms with Gasteiger partial charge in [0, 0.05) is 6.92 Å². The number of carbonyl (C=O) groups is 1. The summed E-state index contributed by atoms with van der Waals surface area (Å²) in [5, 5.41) is 12.7. The number of hydrogen-bond acceptors (Lipinski definition) is 4. The van der Waals surface area contributed by atoms with Crippen LogP contribution in [0.5, 0.6) is 0 Å². The lowest BCUT2D eigenvalue weighted by Gasteiger charge is -2.03. The Kier molecular flexibility index (Phi) is 2.82. The maximum atomic E-state index is 11.5. The Morgan fingerprint density at radius 2 is 1.80 bits per heavy atom. The first kappa shape index (κ1) is 12.5. The van der Waals surface area contributed by atoms with E-state index >= 15 is 0 Å². The molecule has 5 nitrogen and oxygen atoms in total. The fourth-order valence-corrected chi connectivity index (χ4v) is 2.38. The Morgan fingerprint density at radius 1 is 1.10 bits per heavy atom. The number of Topliss-reactive ketones (excluding diaryl/α,β-unsaturated/α-hetero) is 1. The summed E-state index contributed by atoms with van der Waals surface area (Å²) in [6.45, 7) is 5.25. The van der Waals surface area contributed by atoms with Crippen molar-refractivity contribution >= 4 is 11.4 Å². The van der Waals surface area contributed by atoms with Gasteiger partial charge in [0.25, 0.3) is 0 Å². The zero-order chi connectivity index (χ0) is 14.3. The van der Waals surface area contributed by atoms with Crippen LogP contribution in [0.25, 0.3) is 16.8 Å². The minimum absolute atomic E-state index is 0.105. The lowest BCUT2D eigenvalue weighted by atomic mass is 10.1. The van der Waals surface area contributed by atoms with E-state index in [-0.39, 0.29) is 5.78 Å². The van der Waals surface area contributed by atoms with Crippen molar-refractivity contribution in [2.75, 3.05) is 0 Å². The standard InChI is InChI=1S/C15H14N4O/c1-9-13(12-7-5-4-6-8-12)15-17-16-14(11(3)20)10(2)19(15)18-9/h4-8H,1-3H3. The van der Waals surface area contributed by atoms with E-state index in [1.807, 2.05) is 44.2 Å². The van der Waals surface area contributed by atoms with E-state index in [9.17, 15) is 4.79 Å². The highest BCUT2D eigenvalue weighted by molar-refractivity contribution is 5.93. The third kappa shape index (κ3) is 1.79. The van der Waals surface area contributed by atoms with E-state index in [2.05, 4.69) is 15.3 Å². The molecule has 0 radical (unpaired) electrons. The molecule has 3 rings (SSSR count). The number of ketones is 1. The van der Waals surface area contributed by atoms with Gasteiger partial charge >= 0.3 is 0 Å². The van der Waals surface area contributed by atoms with Crippen LogP contribution in [0.2, 0.25) is 0 Å². The van der Waals surface area contributed by atoms with Crippen LogP contribution < -0.4 is 0 Å². The first-order valence-corrected chi connectivity index (χ1v) is 6.38. The molecule has 1 aromatic carbocycles. The second kappa shape index (κ2) is 4.52. The first-order chi connectivity index (χ1) is 9.59. The second-order valence-electron chi connectivity index (χ2n) is 4.75. The molecule has 0 saturated heterocycles. The van der Waals surface area contributed by atoms with E-state index in [1.54, 1.807) is 4.52 Å². The minimum Gasteiger partial charge on any atom is -0.293 e. The zero-order valence-electron chi connectivity index (χ0n) is 11.6. The van der Waals surface area contributed by atoms with E-state index in [4.69, 9.17) is 0 Å². The molecule has 0 spiro atoms. The van der Waals surface area contributed by atoms with Gasteiger partial charge in [-0.05, 0) is 19.4 Å². The molecule has 5 heteroatoms. The number of rotatable bonds is 2. The normalized spacial score (nSPS) is 10.9. The van der Waals surface area contributed by atoms with Crippen molar-refractivity contribution in [3.63, 3.8) is 0 Å². The highest BCUT2D eigenvalue weighted by Gasteiger charge is 2.17. The van der Waals surface area contributed by atoms with Gasteiger partial charge in [0.1, 0.15) is 5.69 Å². The predicted octanol–water partition coefficient (Wildman–Crippen LogP) is 2.61. The summed E-state index contributed by atoms with van der Waals surface area (Å²) < 4.78 is 1.70. The highest BCUT2D eigenvalue weighted by atomic mass is 16.1. The minimum atomic E-state index is -0.105. The Hall–Kier alpha value is -2.56. The fourth-order valence-electron chi connectivity index (χ4n) is 2.38. The van der Waals surface area contributed by atoms with Gasteiger partial charge in [-0.15, -0.1) is 10.2 Å². The fraction of sp³-hybridized carbons (Fsp3) is 0.200. The van der Waals surface area contributed by atoms with Crippen LogP contribution in [0.15, 0.2) is 30.3 Å². The van der Waals surface area contributed by atoms with Crippen LogP contribution in [-0.2, 0) is 0 Å². The monoisotopic (exact) mass is 266 g/mol. The lowest BCUT2D eigenvalue weighted by Crippen LogP contribution is -2.09. The molecule has 0 amide bonds. The number of aromatic nitrogens is 4. The van der Waals surface area contributed by atoms with Gasteiger partial charge in [0.05, 0.1) is 17.0 Å². The topological polar surface area (TPSA) is 60.2 Å². The van der Waals surface area contributed by atoms with Gasteiger partial charge < -0.3 is 0 Å². The molecule has 0 aliphatic heterocycles. The number of benzene rings is 1. The van der Waals surface area contributed by atoms with Crippen LogP contribution in [0.4, 0.5) is 0 Å². The van der Waals surface area contributed by atoms with Gasteiger partial charge in [-0.25, -0.2) is 4.52 Å². The zero-order valence-corrected chi connectivity index (χ0v) is 11.6. The smallest absolute Gasteiger partial charge is 0.185 e. The molecule has 0 atom stereocenters. The molecule has 3 aromatic rings. The number of aryl methyl sites for hydroxylation is 2. The first-order valence-electron chi connectivity index (χ1n) is 6.38. The number of fused-ring (bicyclic) bond motifs is 1. The van der Waals surface area contributed by atoms with Crippen molar-refractivity contribution in [1.82, 2.24) is 19.8 Å². The van der Waals surface area contributed by atoms with Crippen molar-refractivity contribution in [3.8, 4) is 11.1 Å². The molecule has 2 aromatic heterocycles. The molecule has 0 unspecified atom stereocenters. The molecule has 0 bridgehead atoms. The molecule has 0 fully saturated rings. The largest absolute Gasteiger partial charge is 0.293 e. The van der Waals surface area contributed by atoms with Crippen molar-refractivity contribution in [1.29, 1.82) is 0 Å². The molecular formula is C15H14N4O. The Labute approximate surface area is 116 Å². The molecule has 0 saturated carbocycles. The van der Waals surface area contributed by atoms with Gasteiger partial charge in [-0.3, -0.25) is 4.79 Å². The Bertz CT molecular complexity index is 806. The van der Waals surface area contributed by atoms with E-state index < -0.39 is 0 Å². The summed E-state index contributed by atoms with van der Waals surface area (Å²) in [6, 6.07) is 9.94. The number of hydrogen-bond donors (Lipinski definition) is 0. The van der Waals surface area contributed by atoms with E-state index in [0.29, 0.717) is 17.0 Å². The van der Waals surface area contributed by atoms with Crippen LogP contribution in [-0.4, -0.2) is 25.6 Å². The van der Waals surface area contributed by atoms with Gasteiger partial charge in [-0.1, -0.05) is 30.3 Å². The van der Waals surface area contributed by atoms with Crippen LogP contribution in [0.1, 0.15) is 28.8 Å². The molecule has 100 valence electrons. The molecule has 2 heterocycles. The molecule has 20 heavy (non-hydrogen) atoms. The average Bonchev–Trinajstić information content (AvgIpc) is 2.77. The Morgan fingerprint density at radius 3 is 2.45 bits per heavy atom. The number of nitrogens with zero attached hydrogens (tertiary/aromatic N) is 4. The third-order valence-corrected chi connectivity index (χ3v) is 3.34. The predicted molar refractivity (Wildman–Crippen MR) is 75.7 cm³/mol. The van der Waals surface area contributed by atoms with Crippen LogP contribution in [0, 0.1) is 13.8 Å². The summed E-state index contributed by atoms with van der Waals surface area (Å²) in [5.74, 6) is -0.105. The maximum Gasteiger partial charge on any atom is 0.185 e. The summed E-state index contributed by atoms with van der Waals surface area (Å²) in [7, 11) is 0. The van der Waals surface area contributed by atoms with Crippen molar-refractivity contribution in [3.05, 3.63) is 47.4 Å². The van der Waals surface area contributed by atoms with Crippen molar-refractivity contribution in [2.45, 2.75) is 20.8 Å². The summed E-state index contributed by atoms with van der Waals surface area (Å²) in [5.41, 5.74) is 4.62. The lowest BCUT2D eigenvalue weighted by molar-refractivity contribution is 0.101. The molecular weight excluding hydrogens is 252 g/mol. The van der Waals surface area contributed by atoms with Gasteiger partial charge in [0.2, 0.25) is 0 Å². The van der Waals surface area contributed by atoms with Gasteiger partial charge in [-0.2, -0.15) is 5.10 Å². The maximum absolute atomic E-state index is 11.5. The highest BCUT2D eigenvalue weighted by Crippen LogP contribution is 2.27. The number of carbonyl (C=O) groups excluding carboxylic acids is 1. The summed E-state index contributed by atoms with van der Waals surface area (Å²) in [4.78, 5) is 11.5. The van der Waals surface area contributed by atoms with Crippen LogP contribution >= 0.6 is 0 Å². The average molecular weight is 266 g/mol. The molecule has 0 aliphatic rings. The SMILES string of the molecule is CC(=O)c1nnc2c(-c3ccccc3)c(C)nn2c1C. The Balaban J connectivity index is 2.34. The van der Waals surface area contributed by atoms with Gasteiger partial charge in [0.15, 0.2) is 11.4 Å². The third-order valence-electron chi connectivity index (χ3n) is 3.34. The van der Waals surface area contributed by atoms with Crippen molar-refractivity contribution < 1.29 is 4.79 Å².